The molecule has 0 radical (unpaired) electrons. The van der Waals surface area contributed by atoms with Gasteiger partial charge in [0.05, 0.1) is 0 Å². The third-order valence-electron chi connectivity index (χ3n) is 2.75. The highest BCUT2D eigenvalue weighted by atomic mass is 16.2. The van der Waals surface area contributed by atoms with Gasteiger partial charge in [0.15, 0.2) is 0 Å². The van der Waals surface area contributed by atoms with E-state index in [0.717, 1.165) is 11.5 Å². The number of amides is 1. The smallest absolute Gasteiger partial charge is 0.253 e. The molecular formula is C12H17N3O. The summed E-state index contributed by atoms with van der Waals surface area (Å²) in [7, 11) is 5.35. The van der Waals surface area contributed by atoms with Crippen molar-refractivity contribution < 1.29 is 4.79 Å². The molecule has 0 unspecified atom stereocenters. The van der Waals surface area contributed by atoms with Gasteiger partial charge >= 0.3 is 0 Å². The lowest BCUT2D eigenvalue weighted by Gasteiger charge is -2.12. The summed E-state index contributed by atoms with van der Waals surface area (Å²) in [6.07, 6.45) is 2.38. The minimum Gasteiger partial charge on any atom is -0.373 e. The molecule has 4 nitrogen and oxygen atoms in total. The van der Waals surface area contributed by atoms with Crippen LogP contribution in [-0.4, -0.2) is 36.9 Å². The van der Waals surface area contributed by atoms with Crippen LogP contribution in [0.3, 0.4) is 0 Å². The normalized spacial score (nSPS) is 14.7. The number of carbonyl (C=O) groups is 1. The Morgan fingerprint density at radius 3 is 2.62 bits per heavy atom. The number of carbonyl (C=O) groups excluding carboxylic acids is 1. The molecule has 4 heteroatoms. The van der Waals surface area contributed by atoms with Gasteiger partial charge in [-0.2, -0.15) is 0 Å². The summed E-state index contributed by atoms with van der Waals surface area (Å²) in [5, 5.41) is 3.00. The van der Waals surface area contributed by atoms with Gasteiger partial charge in [0.2, 0.25) is 0 Å². The second-order valence-corrected chi connectivity index (χ2v) is 4.39. The number of anilines is 1. The predicted octanol–water partition coefficient (Wildman–Crippen LogP) is 1.70. The zero-order valence-corrected chi connectivity index (χ0v) is 9.95. The van der Waals surface area contributed by atoms with E-state index in [1.54, 1.807) is 25.1 Å². The minimum atomic E-state index is 0.0285. The van der Waals surface area contributed by atoms with Crippen molar-refractivity contribution in [1.29, 1.82) is 0 Å². The highest BCUT2D eigenvalue weighted by molar-refractivity contribution is 5.94. The fraction of sp³-hybridized carbons (Fsp3) is 0.500. The van der Waals surface area contributed by atoms with Gasteiger partial charge in [0, 0.05) is 38.3 Å². The zero-order chi connectivity index (χ0) is 11.7. The maximum absolute atomic E-state index is 11.9. The number of nitrogens with zero attached hydrogens (tertiary/aromatic N) is 2. The van der Waals surface area contributed by atoms with Gasteiger partial charge in [-0.1, -0.05) is 0 Å². The zero-order valence-electron chi connectivity index (χ0n) is 9.95. The molecule has 1 aromatic heterocycles. The fourth-order valence-electron chi connectivity index (χ4n) is 1.65. The van der Waals surface area contributed by atoms with E-state index in [1.165, 1.54) is 12.8 Å². The van der Waals surface area contributed by atoms with Gasteiger partial charge in [-0.15, -0.1) is 0 Å². The molecule has 0 aromatic carbocycles. The molecule has 0 saturated heterocycles. The molecule has 1 heterocycles. The van der Waals surface area contributed by atoms with E-state index in [2.05, 4.69) is 10.3 Å². The number of hydrogen-bond acceptors (Lipinski definition) is 3. The van der Waals surface area contributed by atoms with Crippen molar-refractivity contribution in [3.05, 3.63) is 23.4 Å². The van der Waals surface area contributed by atoms with Crippen LogP contribution in [0.25, 0.3) is 0 Å². The predicted molar refractivity (Wildman–Crippen MR) is 63.8 cm³/mol. The summed E-state index contributed by atoms with van der Waals surface area (Å²) in [6.45, 7) is 0. The highest BCUT2D eigenvalue weighted by Crippen LogP contribution is 2.39. The van der Waals surface area contributed by atoms with Crippen LogP contribution in [0.5, 0.6) is 0 Å². The van der Waals surface area contributed by atoms with Crippen LogP contribution in [0.4, 0.5) is 5.82 Å². The Morgan fingerprint density at radius 1 is 1.44 bits per heavy atom. The average Bonchev–Trinajstić information content (AvgIpc) is 3.11. The first-order valence-electron chi connectivity index (χ1n) is 5.53. The molecule has 1 saturated carbocycles. The molecule has 2 rings (SSSR count). The van der Waals surface area contributed by atoms with Crippen LogP contribution in [0, 0.1) is 0 Å². The van der Waals surface area contributed by atoms with Crippen LogP contribution < -0.4 is 5.32 Å². The monoisotopic (exact) mass is 219 g/mol. The van der Waals surface area contributed by atoms with E-state index in [1.807, 2.05) is 13.1 Å². The van der Waals surface area contributed by atoms with Crippen molar-refractivity contribution in [1.82, 2.24) is 9.88 Å². The quantitative estimate of drug-likeness (QED) is 0.841. The van der Waals surface area contributed by atoms with Gasteiger partial charge in [-0.3, -0.25) is 4.79 Å². The number of aromatic nitrogens is 1. The molecule has 1 N–H and O–H groups in total. The summed E-state index contributed by atoms with van der Waals surface area (Å²) >= 11 is 0. The first-order valence-corrected chi connectivity index (χ1v) is 5.53. The Bertz CT molecular complexity index is 411. The Labute approximate surface area is 95.7 Å². The van der Waals surface area contributed by atoms with Gasteiger partial charge < -0.3 is 10.2 Å². The summed E-state index contributed by atoms with van der Waals surface area (Å²) in [5.74, 6) is 1.36. The molecule has 86 valence electrons. The lowest BCUT2D eigenvalue weighted by Crippen LogP contribution is -2.22. The molecule has 1 aliphatic carbocycles. The standard InChI is InChI=1S/C12H17N3O/c1-13-11-7-9(12(16)15(2)3)6-10(14-11)8-4-5-8/h6-8H,4-5H2,1-3H3,(H,13,14). The maximum atomic E-state index is 11.9. The molecule has 16 heavy (non-hydrogen) atoms. The van der Waals surface area contributed by atoms with Gasteiger partial charge in [-0.05, 0) is 25.0 Å². The second-order valence-electron chi connectivity index (χ2n) is 4.39. The van der Waals surface area contributed by atoms with Crippen molar-refractivity contribution >= 4 is 11.7 Å². The van der Waals surface area contributed by atoms with Crippen LogP contribution >= 0.6 is 0 Å². The molecule has 1 aromatic rings. The number of hydrogen-bond donors (Lipinski definition) is 1. The summed E-state index contributed by atoms with van der Waals surface area (Å²) < 4.78 is 0. The van der Waals surface area contributed by atoms with Crippen LogP contribution in [0.15, 0.2) is 12.1 Å². The van der Waals surface area contributed by atoms with Crippen molar-refractivity contribution in [3.63, 3.8) is 0 Å². The molecule has 1 fully saturated rings. The molecule has 0 atom stereocenters. The molecule has 0 aliphatic heterocycles. The van der Waals surface area contributed by atoms with E-state index in [0.29, 0.717) is 11.5 Å². The van der Waals surface area contributed by atoms with E-state index in [9.17, 15) is 4.79 Å². The Hall–Kier alpha value is -1.58. The van der Waals surface area contributed by atoms with Gasteiger partial charge in [0.1, 0.15) is 5.82 Å². The van der Waals surface area contributed by atoms with E-state index in [4.69, 9.17) is 0 Å². The maximum Gasteiger partial charge on any atom is 0.253 e. The topological polar surface area (TPSA) is 45.2 Å². The van der Waals surface area contributed by atoms with E-state index < -0.39 is 0 Å². The van der Waals surface area contributed by atoms with Crippen LogP contribution in [0.1, 0.15) is 34.8 Å². The molecular weight excluding hydrogens is 202 g/mol. The second kappa shape index (κ2) is 4.12. The van der Waals surface area contributed by atoms with Crippen LogP contribution in [-0.2, 0) is 0 Å². The summed E-state index contributed by atoms with van der Waals surface area (Å²) in [4.78, 5) is 17.9. The lowest BCUT2D eigenvalue weighted by molar-refractivity contribution is 0.0827. The fourth-order valence-corrected chi connectivity index (χ4v) is 1.65. The number of nitrogens with one attached hydrogen (secondary N) is 1. The summed E-state index contributed by atoms with van der Waals surface area (Å²) in [6, 6.07) is 3.72. The average molecular weight is 219 g/mol. The molecule has 0 bridgehead atoms. The first kappa shape index (κ1) is 10.9. The first-order chi connectivity index (χ1) is 7.61. The Morgan fingerprint density at radius 2 is 2.12 bits per heavy atom. The molecule has 1 aliphatic rings. The van der Waals surface area contributed by atoms with E-state index >= 15 is 0 Å². The van der Waals surface area contributed by atoms with E-state index in [-0.39, 0.29) is 5.91 Å². The minimum absolute atomic E-state index is 0.0285. The third-order valence-corrected chi connectivity index (χ3v) is 2.75. The van der Waals surface area contributed by atoms with Crippen molar-refractivity contribution in [2.75, 3.05) is 26.5 Å². The largest absolute Gasteiger partial charge is 0.373 e. The Kier molecular flexibility index (Phi) is 2.81. The summed E-state index contributed by atoms with van der Waals surface area (Å²) in [5.41, 5.74) is 1.75. The van der Waals surface area contributed by atoms with Crippen molar-refractivity contribution in [2.45, 2.75) is 18.8 Å². The van der Waals surface area contributed by atoms with Gasteiger partial charge in [-0.25, -0.2) is 4.98 Å². The van der Waals surface area contributed by atoms with Gasteiger partial charge in [0.25, 0.3) is 5.91 Å². The van der Waals surface area contributed by atoms with Crippen molar-refractivity contribution in [3.8, 4) is 0 Å². The molecule has 1 amide bonds. The Balaban J connectivity index is 2.36. The highest BCUT2D eigenvalue weighted by Gasteiger charge is 2.26. The lowest BCUT2D eigenvalue weighted by atomic mass is 10.1. The van der Waals surface area contributed by atoms with Crippen LogP contribution in [0.2, 0.25) is 0 Å². The number of pyridine rings is 1. The third kappa shape index (κ3) is 2.15. The molecule has 0 spiro atoms. The number of rotatable bonds is 3. The van der Waals surface area contributed by atoms with Crippen molar-refractivity contribution in [2.24, 2.45) is 0 Å². The SMILES string of the molecule is CNc1cc(C(=O)N(C)C)cc(C2CC2)n1.